The van der Waals surface area contributed by atoms with E-state index in [0.29, 0.717) is 13.0 Å². The average Bonchev–Trinajstić information content (AvgIpc) is 2.85. The van der Waals surface area contributed by atoms with Crippen LogP contribution in [0.15, 0.2) is 18.2 Å². The molecule has 112 valence electrons. The van der Waals surface area contributed by atoms with Gasteiger partial charge in [-0.3, -0.25) is 19.7 Å². The number of nitrogens with zero attached hydrogens (tertiary/aromatic N) is 2. The topological polar surface area (TPSA) is 101 Å². The summed E-state index contributed by atoms with van der Waals surface area (Å²) in [7, 11) is 0. The summed E-state index contributed by atoms with van der Waals surface area (Å²) in [6.07, 6.45) is 1.24. The highest BCUT2D eigenvalue weighted by atomic mass is 35.5. The molecule has 21 heavy (non-hydrogen) atoms. The smallest absolute Gasteiger partial charge is 0.305 e. The van der Waals surface area contributed by atoms with Crippen molar-refractivity contribution in [3.63, 3.8) is 0 Å². The van der Waals surface area contributed by atoms with Gasteiger partial charge in [-0.05, 0) is 18.9 Å². The van der Waals surface area contributed by atoms with Gasteiger partial charge in [0.15, 0.2) is 0 Å². The van der Waals surface area contributed by atoms with Crippen molar-refractivity contribution >= 4 is 29.2 Å². The molecule has 7 nitrogen and oxygen atoms in total. The minimum absolute atomic E-state index is 0.00447. The first-order valence-corrected chi connectivity index (χ1v) is 6.74. The van der Waals surface area contributed by atoms with E-state index in [1.54, 1.807) is 0 Å². The standard InChI is InChI=1S/C13H13ClN2O5/c14-11-6-9(16(20)21)3-4-10(11)13(19)15-5-1-2-8(15)7-12(17)18/h3-4,6,8H,1-2,5,7H2,(H,17,18). The number of carbonyl (C=O) groups is 2. The lowest BCUT2D eigenvalue weighted by Gasteiger charge is -2.23. The van der Waals surface area contributed by atoms with E-state index in [1.165, 1.54) is 17.0 Å². The van der Waals surface area contributed by atoms with Crippen LogP contribution in [-0.4, -0.2) is 39.4 Å². The van der Waals surface area contributed by atoms with Gasteiger partial charge in [0.25, 0.3) is 11.6 Å². The molecule has 1 amide bonds. The zero-order valence-corrected chi connectivity index (χ0v) is 11.7. The van der Waals surface area contributed by atoms with Crippen molar-refractivity contribution in [2.24, 2.45) is 0 Å². The maximum absolute atomic E-state index is 12.4. The van der Waals surface area contributed by atoms with E-state index >= 15 is 0 Å². The van der Waals surface area contributed by atoms with E-state index in [2.05, 4.69) is 0 Å². The van der Waals surface area contributed by atoms with Gasteiger partial charge in [-0.25, -0.2) is 0 Å². The van der Waals surface area contributed by atoms with Crippen LogP contribution in [0.25, 0.3) is 0 Å². The van der Waals surface area contributed by atoms with Crippen molar-refractivity contribution in [3.8, 4) is 0 Å². The first kappa shape index (κ1) is 15.2. The fraction of sp³-hybridized carbons (Fsp3) is 0.385. The van der Waals surface area contributed by atoms with Crippen LogP contribution in [0.1, 0.15) is 29.6 Å². The Balaban J connectivity index is 2.23. The monoisotopic (exact) mass is 312 g/mol. The van der Waals surface area contributed by atoms with E-state index in [-0.39, 0.29) is 28.7 Å². The molecule has 2 rings (SSSR count). The molecule has 1 saturated heterocycles. The average molecular weight is 313 g/mol. The number of rotatable bonds is 4. The molecule has 0 radical (unpaired) electrons. The number of carbonyl (C=O) groups excluding carboxylic acids is 1. The second kappa shape index (κ2) is 6.09. The summed E-state index contributed by atoms with van der Waals surface area (Å²) < 4.78 is 0. The molecule has 0 bridgehead atoms. The molecule has 1 aliphatic rings. The molecular formula is C13H13ClN2O5. The zero-order valence-electron chi connectivity index (χ0n) is 11.0. The number of benzene rings is 1. The molecule has 1 fully saturated rings. The van der Waals surface area contributed by atoms with Crippen LogP contribution in [0.5, 0.6) is 0 Å². The summed E-state index contributed by atoms with van der Waals surface area (Å²) in [5.41, 5.74) is -0.0420. The number of nitro benzene ring substituents is 1. The number of halogens is 1. The largest absolute Gasteiger partial charge is 0.481 e. The highest BCUT2D eigenvalue weighted by molar-refractivity contribution is 6.34. The van der Waals surface area contributed by atoms with Gasteiger partial charge in [0.1, 0.15) is 0 Å². The van der Waals surface area contributed by atoms with Crippen molar-refractivity contribution in [1.29, 1.82) is 0 Å². The number of non-ortho nitro benzene ring substituents is 1. The Hall–Kier alpha value is -2.15. The van der Waals surface area contributed by atoms with Gasteiger partial charge in [0.2, 0.25) is 0 Å². The molecule has 0 spiro atoms. The van der Waals surface area contributed by atoms with Crippen molar-refractivity contribution in [2.45, 2.75) is 25.3 Å². The molecule has 1 aromatic carbocycles. The molecule has 0 saturated carbocycles. The lowest BCUT2D eigenvalue weighted by Crippen LogP contribution is -2.37. The Kier molecular flexibility index (Phi) is 4.42. The molecule has 1 N–H and O–H groups in total. The number of hydrogen-bond acceptors (Lipinski definition) is 4. The minimum Gasteiger partial charge on any atom is -0.481 e. The van der Waals surface area contributed by atoms with Gasteiger partial charge < -0.3 is 10.0 Å². The number of carboxylic acid groups (broad SMARTS) is 1. The third-order valence-corrected chi connectivity index (χ3v) is 3.75. The summed E-state index contributed by atoms with van der Waals surface area (Å²) in [4.78, 5) is 34.8. The highest BCUT2D eigenvalue weighted by Crippen LogP contribution is 2.27. The highest BCUT2D eigenvalue weighted by Gasteiger charge is 2.32. The number of likely N-dealkylation sites (tertiary alicyclic amines) is 1. The lowest BCUT2D eigenvalue weighted by molar-refractivity contribution is -0.384. The molecule has 1 aliphatic heterocycles. The van der Waals surface area contributed by atoms with E-state index in [9.17, 15) is 19.7 Å². The molecular weight excluding hydrogens is 300 g/mol. The lowest BCUT2D eigenvalue weighted by atomic mass is 10.1. The number of nitro groups is 1. The van der Waals surface area contributed by atoms with Crippen molar-refractivity contribution < 1.29 is 19.6 Å². The van der Waals surface area contributed by atoms with Crippen LogP contribution in [-0.2, 0) is 4.79 Å². The van der Waals surface area contributed by atoms with Crippen LogP contribution < -0.4 is 0 Å². The molecule has 1 heterocycles. The Morgan fingerprint density at radius 3 is 2.76 bits per heavy atom. The maximum Gasteiger partial charge on any atom is 0.305 e. The fourth-order valence-corrected chi connectivity index (χ4v) is 2.72. The Labute approximate surface area is 125 Å². The first-order chi connectivity index (χ1) is 9.90. The van der Waals surface area contributed by atoms with E-state index in [4.69, 9.17) is 16.7 Å². The van der Waals surface area contributed by atoms with Gasteiger partial charge in [-0.1, -0.05) is 11.6 Å². The zero-order chi connectivity index (χ0) is 15.6. The molecule has 1 unspecified atom stereocenters. The fourth-order valence-electron chi connectivity index (χ4n) is 2.46. The predicted molar refractivity (Wildman–Crippen MR) is 74.4 cm³/mol. The second-order valence-electron chi connectivity index (χ2n) is 4.81. The van der Waals surface area contributed by atoms with E-state index in [0.717, 1.165) is 12.5 Å². The van der Waals surface area contributed by atoms with Crippen LogP contribution in [0.4, 0.5) is 5.69 Å². The molecule has 8 heteroatoms. The van der Waals surface area contributed by atoms with Gasteiger partial charge in [0, 0.05) is 24.7 Å². The summed E-state index contributed by atoms with van der Waals surface area (Å²) >= 11 is 5.93. The van der Waals surface area contributed by atoms with Crippen LogP contribution >= 0.6 is 11.6 Å². The van der Waals surface area contributed by atoms with Crippen molar-refractivity contribution in [2.75, 3.05) is 6.54 Å². The van der Waals surface area contributed by atoms with Crippen molar-refractivity contribution in [1.82, 2.24) is 4.90 Å². The summed E-state index contributed by atoms with van der Waals surface area (Å²) in [5.74, 6) is -1.35. The predicted octanol–water partition coefficient (Wildman–Crippen LogP) is 2.33. The number of carboxylic acids is 1. The third-order valence-electron chi connectivity index (χ3n) is 3.44. The van der Waals surface area contributed by atoms with Gasteiger partial charge >= 0.3 is 5.97 Å². The quantitative estimate of drug-likeness (QED) is 0.679. The van der Waals surface area contributed by atoms with Crippen LogP contribution in [0.3, 0.4) is 0 Å². The van der Waals surface area contributed by atoms with E-state index < -0.39 is 16.8 Å². The second-order valence-corrected chi connectivity index (χ2v) is 5.22. The first-order valence-electron chi connectivity index (χ1n) is 6.37. The number of aliphatic carboxylic acids is 1. The van der Waals surface area contributed by atoms with Gasteiger partial charge in [-0.2, -0.15) is 0 Å². The molecule has 1 aromatic rings. The van der Waals surface area contributed by atoms with Gasteiger partial charge in [0.05, 0.1) is 21.9 Å². The van der Waals surface area contributed by atoms with Crippen molar-refractivity contribution in [3.05, 3.63) is 38.9 Å². The van der Waals surface area contributed by atoms with E-state index in [1.807, 2.05) is 0 Å². The van der Waals surface area contributed by atoms with Gasteiger partial charge in [-0.15, -0.1) is 0 Å². The third kappa shape index (κ3) is 3.30. The number of hydrogen-bond donors (Lipinski definition) is 1. The number of amides is 1. The Morgan fingerprint density at radius 2 is 2.19 bits per heavy atom. The van der Waals surface area contributed by atoms with Crippen LogP contribution in [0, 0.1) is 10.1 Å². The SMILES string of the molecule is O=C(O)CC1CCCN1C(=O)c1ccc([N+](=O)[O-])cc1Cl. The normalized spacial score (nSPS) is 17.8. The molecule has 0 aliphatic carbocycles. The Bertz CT molecular complexity index is 604. The Morgan fingerprint density at radius 1 is 1.48 bits per heavy atom. The maximum atomic E-state index is 12.4. The summed E-state index contributed by atoms with van der Waals surface area (Å²) in [6, 6.07) is 3.28. The molecule has 1 atom stereocenters. The molecule has 0 aromatic heterocycles. The van der Waals surface area contributed by atoms with Crippen LogP contribution in [0.2, 0.25) is 5.02 Å². The summed E-state index contributed by atoms with van der Waals surface area (Å²) in [6.45, 7) is 0.462. The summed E-state index contributed by atoms with van der Waals surface area (Å²) in [5, 5.41) is 19.5. The minimum atomic E-state index is -0.963.